The number of hydrogen-bond acceptors (Lipinski definition) is 2. The Labute approximate surface area is 105 Å². The third-order valence-corrected chi connectivity index (χ3v) is 3.81. The zero-order valence-corrected chi connectivity index (χ0v) is 10.9. The molecule has 1 fully saturated rings. The molecule has 1 heterocycles. The van der Waals surface area contributed by atoms with Gasteiger partial charge < -0.3 is 10.6 Å². The Morgan fingerprint density at radius 3 is 2.76 bits per heavy atom. The second-order valence-corrected chi connectivity index (χ2v) is 5.21. The van der Waals surface area contributed by atoms with Gasteiger partial charge in [-0.1, -0.05) is 24.3 Å². The van der Waals surface area contributed by atoms with Crippen LogP contribution in [0, 0.1) is 0 Å². The van der Waals surface area contributed by atoms with E-state index >= 15 is 0 Å². The molecule has 2 heteroatoms. The molecule has 2 nitrogen and oxygen atoms in total. The topological polar surface area (TPSA) is 29.3 Å². The van der Waals surface area contributed by atoms with E-state index in [4.69, 9.17) is 5.73 Å². The van der Waals surface area contributed by atoms with Gasteiger partial charge in [-0.25, -0.2) is 0 Å². The van der Waals surface area contributed by atoms with Gasteiger partial charge >= 0.3 is 0 Å². The summed E-state index contributed by atoms with van der Waals surface area (Å²) in [4.78, 5) is 2.43. The first-order valence-electron chi connectivity index (χ1n) is 6.77. The Kier molecular flexibility index (Phi) is 4.57. The summed E-state index contributed by atoms with van der Waals surface area (Å²) in [5, 5.41) is 0. The van der Waals surface area contributed by atoms with Gasteiger partial charge in [0.05, 0.1) is 0 Å². The highest BCUT2D eigenvalue weighted by atomic mass is 15.1. The van der Waals surface area contributed by atoms with Crippen molar-refractivity contribution in [1.29, 1.82) is 0 Å². The average molecular weight is 232 g/mol. The third-order valence-electron chi connectivity index (χ3n) is 3.81. The van der Waals surface area contributed by atoms with Gasteiger partial charge in [-0.15, -0.1) is 0 Å². The van der Waals surface area contributed by atoms with Crippen molar-refractivity contribution in [3.63, 3.8) is 0 Å². The summed E-state index contributed by atoms with van der Waals surface area (Å²) >= 11 is 0. The molecule has 0 bridgehead atoms. The minimum absolute atomic E-state index is 0.768. The molecule has 1 aromatic rings. The summed E-state index contributed by atoms with van der Waals surface area (Å²) in [5.41, 5.74) is 8.55. The van der Waals surface area contributed by atoms with Crippen LogP contribution in [0.1, 0.15) is 36.3 Å². The van der Waals surface area contributed by atoms with Gasteiger partial charge in [0.2, 0.25) is 0 Å². The van der Waals surface area contributed by atoms with Crippen LogP contribution >= 0.6 is 0 Å². The Balaban J connectivity index is 2.00. The van der Waals surface area contributed by atoms with Gasteiger partial charge in [0.25, 0.3) is 0 Å². The predicted octanol–water partition coefficient (Wildman–Crippen LogP) is 2.39. The number of hydrogen-bond donors (Lipinski definition) is 1. The molecule has 1 aliphatic heterocycles. The van der Waals surface area contributed by atoms with Gasteiger partial charge in [-0.05, 0) is 69.4 Å². The Morgan fingerprint density at radius 1 is 1.29 bits per heavy atom. The lowest BCUT2D eigenvalue weighted by atomic mass is 9.88. The van der Waals surface area contributed by atoms with Crippen molar-refractivity contribution >= 4 is 0 Å². The van der Waals surface area contributed by atoms with Crippen molar-refractivity contribution in [2.24, 2.45) is 5.73 Å². The fraction of sp³-hybridized carbons (Fsp3) is 0.600. The fourth-order valence-electron chi connectivity index (χ4n) is 2.65. The molecule has 1 aliphatic rings. The monoisotopic (exact) mass is 232 g/mol. The second-order valence-electron chi connectivity index (χ2n) is 5.21. The molecule has 0 spiro atoms. The quantitative estimate of drug-likeness (QED) is 0.863. The summed E-state index contributed by atoms with van der Waals surface area (Å²) in [6, 6.07) is 9.13. The molecule has 0 saturated carbocycles. The molecule has 0 aliphatic carbocycles. The highest BCUT2D eigenvalue weighted by molar-refractivity contribution is 5.27. The van der Waals surface area contributed by atoms with Crippen molar-refractivity contribution in [2.75, 3.05) is 26.7 Å². The molecule has 17 heavy (non-hydrogen) atoms. The van der Waals surface area contributed by atoms with Crippen LogP contribution in [-0.4, -0.2) is 31.6 Å². The van der Waals surface area contributed by atoms with Crippen LogP contribution in [0.25, 0.3) is 0 Å². The van der Waals surface area contributed by atoms with Crippen molar-refractivity contribution in [2.45, 2.75) is 31.6 Å². The van der Waals surface area contributed by atoms with Crippen LogP contribution in [0.5, 0.6) is 0 Å². The first-order valence-corrected chi connectivity index (χ1v) is 6.77. The normalized spacial score (nSPS) is 18.5. The summed E-state index contributed by atoms with van der Waals surface area (Å²) in [6.07, 6.45) is 4.82. The molecule has 0 amide bonds. The molecule has 1 aromatic carbocycles. The van der Waals surface area contributed by atoms with E-state index in [9.17, 15) is 0 Å². The Hall–Kier alpha value is -0.860. The zero-order valence-electron chi connectivity index (χ0n) is 10.9. The highest BCUT2D eigenvalue weighted by Crippen LogP contribution is 2.28. The number of piperidine rings is 1. The van der Waals surface area contributed by atoms with Gasteiger partial charge in [-0.3, -0.25) is 0 Å². The average Bonchev–Trinajstić information content (AvgIpc) is 2.37. The van der Waals surface area contributed by atoms with E-state index < -0.39 is 0 Å². The lowest BCUT2D eigenvalue weighted by Gasteiger charge is -2.29. The van der Waals surface area contributed by atoms with Crippen molar-refractivity contribution in [3.8, 4) is 0 Å². The van der Waals surface area contributed by atoms with Crippen LogP contribution in [0.3, 0.4) is 0 Å². The van der Waals surface area contributed by atoms with Crippen LogP contribution in [-0.2, 0) is 6.42 Å². The number of nitrogens with zero attached hydrogens (tertiary/aromatic N) is 1. The summed E-state index contributed by atoms with van der Waals surface area (Å²) < 4.78 is 0. The van der Waals surface area contributed by atoms with E-state index in [0.29, 0.717) is 0 Å². The lowest BCUT2D eigenvalue weighted by Crippen LogP contribution is -2.29. The molecule has 0 unspecified atom stereocenters. The van der Waals surface area contributed by atoms with E-state index in [1.54, 1.807) is 0 Å². The largest absolute Gasteiger partial charge is 0.330 e. The standard InChI is InChI=1S/C15H24N2/c1-17-10-7-14(8-11-17)15-6-2-4-13(12-15)5-3-9-16/h2,4,6,12,14H,3,5,7-11,16H2,1H3. The van der Waals surface area contributed by atoms with Gasteiger partial charge in [-0.2, -0.15) is 0 Å². The molecular formula is C15H24N2. The fourth-order valence-corrected chi connectivity index (χ4v) is 2.65. The Bertz CT molecular complexity index is 341. The minimum atomic E-state index is 0.768. The first-order chi connectivity index (χ1) is 8.29. The van der Waals surface area contributed by atoms with Crippen LogP contribution in [0.15, 0.2) is 24.3 Å². The van der Waals surface area contributed by atoms with Gasteiger partial charge in [0.15, 0.2) is 0 Å². The molecule has 0 radical (unpaired) electrons. The molecule has 1 saturated heterocycles. The van der Waals surface area contributed by atoms with E-state index in [0.717, 1.165) is 25.3 Å². The molecule has 94 valence electrons. The van der Waals surface area contributed by atoms with E-state index in [1.165, 1.54) is 37.1 Å². The third kappa shape index (κ3) is 3.55. The Morgan fingerprint density at radius 2 is 2.06 bits per heavy atom. The zero-order chi connectivity index (χ0) is 12.1. The number of likely N-dealkylation sites (tertiary alicyclic amines) is 1. The number of aryl methyl sites for hydroxylation is 1. The van der Waals surface area contributed by atoms with Crippen molar-refractivity contribution < 1.29 is 0 Å². The minimum Gasteiger partial charge on any atom is -0.330 e. The molecule has 2 N–H and O–H groups in total. The van der Waals surface area contributed by atoms with E-state index in [2.05, 4.69) is 36.2 Å². The number of nitrogens with two attached hydrogens (primary N) is 1. The summed E-state index contributed by atoms with van der Waals surface area (Å²) in [5.74, 6) is 0.768. The maximum Gasteiger partial charge on any atom is -0.00159 e. The summed E-state index contributed by atoms with van der Waals surface area (Å²) in [6.45, 7) is 3.26. The predicted molar refractivity (Wildman–Crippen MR) is 73.3 cm³/mol. The maximum atomic E-state index is 5.57. The highest BCUT2D eigenvalue weighted by Gasteiger charge is 2.18. The summed E-state index contributed by atoms with van der Waals surface area (Å²) in [7, 11) is 2.22. The van der Waals surface area contributed by atoms with Gasteiger partial charge in [0.1, 0.15) is 0 Å². The van der Waals surface area contributed by atoms with Crippen molar-refractivity contribution in [1.82, 2.24) is 4.90 Å². The first kappa shape index (κ1) is 12.6. The van der Waals surface area contributed by atoms with Crippen LogP contribution < -0.4 is 5.73 Å². The van der Waals surface area contributed by atoms with Gasteiger partial charge in [0, 0.05) is 0 Å². The molecular weight excluding hydrogens is 208 g/mol. The smallest absolute Gasteiger partial charge is 0.00159 e. The van der Waals surface area contributed by atoms with E-state index in [-0.39, 0.29) is 0 Å². The molecule has 0 aromatic heterocycles. The van der Waals surface area contributed by atoms with Crippen LogP contribution in [0.2, 0.25) is 0 Å². The lowest BCUT2D eigenvalue weighted by molar-refractivity contribution is 0.255. The second kappa shape index (κ2) is 6.18. The number of benzene rings is 1. The molecule has 0 atom stereocenters. The SMILES string of the molecule is CN1CCC(c2cccc(CCCN)c2)CC1. The van der Waals surface area contributed by atoms with Crippen molar-refractivity contribution in [3.05, 3.63) is 35.4 Å². The maximum absolute atomic E-state index is 5.57. The number of rotatable bonds is 4. The van der Waals surface area contributed by atoms with Crippen LogP contribution in [0.4, 0.5) is 0 Å². The van der Waals surface area contributed by atoms with E-state index in [1.807, 2.05) is 0 Å². The molecule has 2 rings (SSSR count).